The van der Waals surface area contributed by atoms with Crippen LogP contribution in [0.3, 0.4) is 0 Å². The third kappa shape index (κ3) is 6.28. The van der Waals surface area contributed by atoms with Crippen LogP contribution in [0.15, 0.2) is 133 Å². The number of nitrogens with zero attached hydrogens (tertiary/aromatic N) is 2. The van der Waals surface area contributed by atoms with Crippen molar-refractivity contribution in [2.75, 3.05) is 0 Å². The Morgan fingerprint density at radius 3 is 1.85 bits per heavy atom. The Hall–Kier alpha value is -5.56. The Morgan fingerprint density at radius 1 is 0.675 bits per heavy atom. The lowest BCUT2D eigenvalue weighted by Crippen LogP contribution is -2.42. The number of amides is 2. The van der Waals surface area contributed by atoms with Crippen molar-refractivity contribution in [3.05, 3.63) is 150 Å². The van der Waals surface area contributed by atoms with Crippen LogP contribution >= 0.6 is 0 Å². The van der Waals surface area contributed by atoms with E-state index < -0.39 is 11.8 Å². The topological polar surface area (TPSA) is 93.1 Å². The number of carbonyl (C=O) groups excluding carboxylic acids is 3. The summed E-state index contributed by atoms with van der Waals surface area (Å²) in [6, 6.07) is 36.6. The van der Waals surface area contributed by atoms with Gasteiger partial charge in [-0.3, -0.25) is 25.2 Å². The molecule has 0 aliphatic heterocycles. The molecule has 0 atom stereocenters. The highest BCUT2D eigenvalue weighted by Gasteiger charge is 2.19. The summed E-state index contributed by atoms with van der Waals surface area (Å²) in [4.78, 5) is 39.1. The van der Waals surface area contributed by atoms with Crippen molar-refractivity contribution in [2.24, 2.45) is 0 Å². The molecule has 0 aliphatic rings. The number of benzene rings is 4. The van der Waals surface area contributed by atoms with Crippen molar-refractivity contribution in [3.8, 4) is 16.9 Å². The molecule has 7 nitrogen and oxygen atoms in total. The number of para-hydroxylation sites is 1. The first-order chi connectivity index (χ1) is 19.6. The number of aromatic nitrogens is 2. The lowest BCUT2D eigenvalue weighted by Gasteiger charge is -2.11. The second-order valence-corrected chi connectivity index (χ2v) is 8.99. The number of hydrazine groups is 1. The van der Waals surface area contributed by atoms with Crippen LogP contribution in [0.1, 0.15) is 32.7 Å². The van der Waals surface area contributed by atoms with Gasteiger partial charge < -0.3 is 0 Å². The number of nitrogens with one attached hydrogen (secondary N) is 2. The predicted molar refractivity (Wildman–Crippen MR) is 154 cm³/mol. The lowest BCUT2D eigenvalue weighted by atomic mass is 9.99. The SMILES string of the molecule is O=C(NNC(=O)c1ccccc1)/C(=C/c1cn(-c2ccccc2)nc1-c1ccccc1)CC(=O)c1ccccc1. The summed E-state index contributed by atoms with van der Waals surface area (Å²) in [6.07, 6.45) is 3.29. The zero-order valence-electron chi connectivity index (χ0n) is 21.5. The summed E-state index contributed by atoms with van der Waals surface area (Å²) < 4.78 is 1.74. The highest BCUT2D eigenvalue weighted by molar-refractivity contribution is 6.08. The van der Waals surface area contributed by atoms with Crippen molar-refractivity contribution in [1.29, 1.82) is 0 Å². The van der Waals surface area contributed by atoms with Gasteiger partial charge in [-0.1, -0.05) is 97.1 Å². The molecular weight excluding hydrogens is 500 g/mol. The number of ketones is 1. The summed E-state index contributed by atoms with van der Waals surface area (Å²) in [5.74, 6) is -1.29. The maximum absolute atomic E-state index is 13.4. The molecular formula is C33H26N4O3. The zero-order chi connectivity index (χ0) is 27.7. The summed E-state index contributed by atoms with van der Waals surface area (Å²) in [6.45, 7) is 0. The Bertz CT molecular complexity index is 1650. The molecule has 0 spiro atoms. The van der Waals surface area contributed by atoms with Crippen LogP contribution in [-0.4, -0.2) is 27.4 Å². The molecule has 196 valence electrons. The average molecular weight is 527 g/mol. The van der Waals surface area contributed by atoms with Gasteiger partial charge in [0.25, 0.3) is 11.8 Å². The maximum Gasteiger partial charge on any atom is 0.269 e. The third-order valence-corrected chi connectivity index (χ3v) is 6.20. The molecule has 2 N–H and O–H groups in total. The number of carbonyl (C=O) groups is 3. The Kier molecular flexibility index (Phi) is 8.03. The fraction of sp³-hybridized carbons (Fsp3) is 0.0303. The van der Waals surface area contributed by atoms with E-state index in [0.29, 0.717) is 22.4 Å². The monoisotopic (exact) mass is 526 g/mol. The van der Waals surface area contributed by atoms with Gasteiger partial charge in [0.15, 0.2) is 5.78 Å². The van der Waals surface area contributed by atoms with Crippen molar-refractivity contribution in [1.82, 2.24) is 20.6 Å². The van der Waals surface area contributed by atoms with E-state index in [-0.39, 0.29) is 17.8 Å². The second-order valence-electron chi connectivity index (χ2n) is 8.99. The third-order valence-electron chi connectivity index (χ3n) is 6.20. The molecule has 0 fully saturated rings. The number of rotatable bonds is 8. The molecule has 0 aliphatic carbocycles. The van der Waals surface area contributed by atoms with Gasteiger partial charge in [-0.15, -0.1) is 0 Å². The summed E-state index contributed by atoms with van der Waals surface area (Å²) in [5, 5.41) is 4.80. The van der Waals surface area contributed by atoms with E-state index in [1.54, 1.807) is 65.4 Å². The predicted octanol–water partition coefficient (Wildman–Crippen LogP) is 5.66. The number of hydrogen-bond donors (Lipinski definition) is 2. The highest BCUT2D eigenvalue weighted by atomic mass is 16.2. The van der Waals surface area contributed by atoms with Crippen molar-refractivity contribution in [3.63, 3.8) is 0 Å². The molecule has 0 saturated carbocycles. The van der Waals surface area contributed by atoms with Crippen LogP contribution in [0.25, 0.3) is 23.0 Å². The van der Waals surface area contributed by atoms with E-state index in [4.69, 9.17) is 5.10 Å². The lowest BCUT2D eigenvalue weighted by molar-refractivity contribution is -0.118. The average Bonchev–Trinajstić information content (AvgIpc) is 3.45. The molecule has 5 rings (SSSR count). The van der Waals surface area contributed by atoms with Gasteiger partial charge in [-0.2, -0.15) is 5.10 Å². The fourth-order valence-electron chi connectivity index (χ4n) is 4.17. The van der Waals surface area contributed by atoms with Gasteiger partial charge in [0.05, 0.1) is 11.4 Å². The van der Waals surface area contributed by atoms with Crippen LogP contribution < -0.4 is 10.9 Å². The van der Waals surface area contributed by atoms with Crippen molar-refractivity contribution in [2.45, 2.75) is 6.42 Å². The molecule has 1 aromatic heterocycles. The molecule has 0 bridgehead atoms. The van der Waals surface area contributed by atoms with Crippen LogP contribution in [-0.2, 0) is 4.79 Å². The molecule has 0 unspecified atom stereocenters. The molecule has 2 amide bonds. The number of Topliss-reactive ketones (excluding diaryl/α,β-unsaturated/α-hetero) is 1. The second kappa shape index (κ2) is 12.3. The van der Waals surface area contributed by atoms with Gasteiger partial charge in [-0.05, 0) is 30.3 Å². The summed E-state index contributed by atoms with van der Waals surface area (Å²) in [7, 11) is 0. The zero-order valence-corrected chi connectivity index (χ0v) is 21.5. The van der Waals surface area contributed by atoms with E-state index in [0.717, 1.165) is 11.3 Å². The molecule has 1 heterocycles. The molecule has 4 aromatic carbocycles. The molecule has 7 heteroatoms. The largest absolute Gasteiger partial charge is 0.294 e. The fourth-order valence-corrected chi connectivity index (χ4v) is 4.17. The standard InChI is InChI=1S/C33H26N4O3/c38-30(24-13-5-1-6-14-24)22-27(33(40)35-34-32(39)26-17-9-3-10-18-26)21-28-23-37(29-19-11-4-12-20-29)36-31(28)25-15-7-2-8-16-25/h1-21,23H,22H2,(H,34,39)(H,35,40)/b27-21+. The molecule has 40 heavy (non-hydrogen) atoms. The van der Waals surface area contributed by atoms with Crippen LogP contribution in [0, 0.1) is 0 Å². The van der Waals surface area contributed by atoms with E-state index >= 15 is 0 Å². The minimum absolute atomic E-state index is 0.173. The minimum atomic E-state index is -0.597. The van der Waals surface area contributed by atoms with E-state index in [1.807, 2.05) is 72.9 Å². The van der Waals surface area contributed by atoms with Crippen LogP contribution in [0.5, 0.6) is 0 Å². The molecule has 0 radical (unpaired) electrons. The first-order valence-electron chi connectivity index (χ1n) is 12.7. The quantitative estimate of drug-likeness (QED) is 0.155. The highest BCUT2D eigenvalue weighted by Crippen LogP contribution is 2.26. The van der Waals surface area contributed by atoms with E-state index in [9.17, 15) is 14.4 Å². The van der Waals surface area contributed by atoms with E-state index in [2.05, 4.69) is 10.9 Å². The maximum atomic E-state index is 13.4. The van der Waals surface area contributed by atoms with Crippen molar-refractivity contribution >= 4 is 23.7 Å². The van der Waals surface area contributed by atoms with Gasteiger partial charge in [0.1, 0.15) is 0 Å². The van der Waals surface area contributed by atoms with Gasteiger partial charge in [0, 0.05) is 40.4 Å². The Labute approximate surface area is 231 Å². The van der Waals surface area contributed by atoms with Crippen LogP contribution in [0.2, 0.25) is 0 Å². The van der Waals surface area contributed by atoms with Gasteiger partial charge >= 0.3 is 0 Å². The first kappa shape index (κ1) is 26.1. The summed E-state index contributed by atoms with van der Waals surface area (Å²) in [5.41, 5.74) is 8.96. The van der Waals surface area contributed by atoms with Crippen molar-refractivity contribution < 1.29 is 14.4 Å². The normalized spacial score (nSPS) is 11.1. The Morgan fingerprint density at radius 2 is 1.23 bits per heavy atom. The minimum Gasteiger partial charge on any atom is -0.294 e. The smallest absolute Gasteiger partial charge is 0.269 e. The number of hydrogen-bond acceptors (Lipinski definition) is 4. The van der Waals surface area contributed by atoms with Gasteiger partial charge in [0.2, 0.25) is 0 Å². The first-order valence-corrected chi connectivity index (χ1v) is 12.7. The van der Waals surface area contributed by atoms with E-state index in [1.165, 1.54) is 0 Å². The van der Waals surface area contributed by atoms with Crippen LogP contribution in [0.4, 0.5) is 0 Å². The molecule has 0 saturated heterocycles. The van der Waals surface area contributed by atoms with Gasteiger partial charge in [-0.25, -0.2) is 4.68 Å². The summed E-state index contributed by atoms with van der Waals surface area (Å²) >= 11 is 0. The molecule has 5 aromatic rings. The Balaban J connectivity index is 1.51.